The molecule has 0 fully saturated rings. The Morgan fingerprint density at radius 2 is 2.00 bits per heavy atom. The van der Waals surface area contributed by atoms with E-state index in [-0.39, 0.29) is 16.8 Å². The molecule has 1 aromatic carbocycles. The van der Waals surface area contributed by atoms with Gasteiger partial charge < -0.3 is 10.1 Å². The molecule has 0 aliphatic carbocycles. The lowest BCUT2D eigenvalue weighted by atomic mass is 10.2. The van der Waals surface area contributed by atoms with Crippen molar-refractivity contribution in [1.29, 1.82) is 0 Å². The van der Waals surface area contributed by atoms with Crippen LogP contribution in [0.1, 0.15) is 11.4 Å². The number of phenols is 1. The fourth-order valence-electron chi connectivity index (χ4n) is 1.34. The van der Waals surface area contributed by atoms with Crippen molar-refractivity contribution in [3.63, 3.8) is 0 Å². The molecule has 0 saturated heterocycles. The summed E-state index contributed by atoms with van der Waals surface area (Å²) in [6.07, 6.45) is -4.53. The number of hydrogen-bond donors (Lipinski definition) is 2. The normalized spacial score (nSPS) is 12.3. The maximum Gasteiger partial charge on any atom is 0.449 e. The summed E-state index contributed by atoms with van der Waals surface area (Å²) in [5.41, 5.74) is 0.760. The zero-order valence-corrected chi connectivity index (χ0v) is 7.68. The van der Waals surface area contributed by atoms with E-state index in [0.29, 0.717) is 5.56 Å². The third kappa shape index (κ3) is 1.51. The van der Waals surface area contributed by atoms with Gasteiger partial charge in [0.1, 0.15) is 11.3 Å². The van der Waals surface area contributed by atoms with Gasteiger partial charge in [0.05, 0.1) is 5.52 Å². The number of hydrogen-bond acceptors (Lipinski definition) is 2. The summed E-state index contributed by atoms with van der Waals surface area (Å²) in [4.78, 5) is 5.46. The predicted molar refractivity (Wildman–Crippen MR) is 47.5 cm³/mol. The Morgan fingerprint density at radius 1 is 1.33 bits per heavy atom. The molecule has 0 spiro atoms. The molecule has 0 radical (unpaired) electrons. The van der Waals surface area contributed by atoms with Crippen molar-refractivity contribution in [3.8, 4) is 5.75 Å². The molecule has 1 heterocycles. The molecular formula is C9H7F3N2O. The van der Waals surface area contributed by atoms with E-state index in [2.05, 4.69) is 9.97 Å². The van der Waals surface area contributed by atoms with Crippen molar-refractivity contribution < 1.29 is 18.3 Å². The lowest BCUT2D eigenvalue weighted by Crippen LogP contribution is -2.06. The van der Waals surface area contributed by atoms with Crippen molar-refractivity contribution in [1.82, 2.24) is 9.97 Å². The fraction of sp³-hybridized carbons (Fsp3) is 0.222. The Hall–Kier alpha value is -1.72. The molecular weight excluding hydrogens is 209 g/mol. The van der Waals surface area contributed by atoms with Gasteiger partial charge >= 0.3 is 6.18 Å². The van der Waals surface area contributed by atoms with Crippen molar-refractivity contribution in [2.24, 2.45) is 0 Å². The van der Waals surface area contributed by atoms with Gasteiger partial charge in [0, 0.05) is 0 Å². The summed E-state index contributed by atoms with van der Waals surface area (Å²) in [7, 11) is 0. The van der Waals surface area contributed by atoms with E-state index in [0.717, 1.165) is 0 Å². The van der Waals surface area contributed by atoms with Crippen LogP contribution in [0.2, 0.25) is 0 Å². The van der Waals surface area contributed by atoms with Gasteiger partial charge in [-0.05, 0) is 18.6 Å². The van der Waals surface area contributed by atoms with E-state index in [4.69, 9.17) is 0 Å². The second-order valence-corrected chi connectivity index (χ2v) is 3.21. The van der Waals surface area contributed by atoms with Gasteiger partial charge in [0.2, 0.25) is 5.82 Å². The van der Waals surface area contributed by atoms with Crippen LogP contribution in [0.15, 0.2) is 12.1 Å². The minimum Gasteiger partial charge on any atom is -0.506 e. The van der Waals surface area contributed by atoms with Crippen molar-refractivity contribution in [2.45, 2.75) is 13.1 Å². The van der Waals surface area contributed by atoms with Crippen LogP contribution in [0.5, 0.6) is 5.75 Å². The number of aromatic nitrogens is 2. The molecule has 0 amide bonds. The van der Waals surface area contributed by atoms with Crippen molar-refractivity contribution in [2.75, 3.05) is 0 Å². The Morgan fingerprint density at radius 3 is 2.53 bits per heavy atom. The van der Waals surface area contributed by atoms with E-state index in [1.54, 1.807) is 6.92 Å². The first kappa shape index (κ1) is 9.82. The molecule has 1 aromatic heterocycles. The number of rotatable bonds is 0. The summed E-state index contributed by atoms with van der Waals surface area (Å²) in [5.74, 6) is -1.36. The summed E-state index contributed by atoms with van der Waals surface area (Å²) < 4.78 is 36.9. The highest BCUT2D eigenvalue weighted by molar-refractivity contribution is 5.84. The van der Waals surface area contributed by atoms with E-state index in [1.807, 2.05) is 0 Å². The monoisotopic (exact) mass is 216 g/mol. The first-order valence-corrected chi connectivity index (χ1v) is 4.15. The maximum absolute atomic E-state index is 12.3. The van der Waals surface area contributed by atoms with E-state index in [1.165, 1.54) is 12.1 Å². The molecule has 0 atom stereocenters. The van der Waals surface area contributed by atoms with Gasteiger partial charge in [-0.3, -0.25) is 0 Å². The van der Waals surface area contributed by atoms with Crippen LogP contribution in [0.4, 0.5) is 13.2 Å². The lowest BCUT2D eigenvalue weighted by molar-refractivity contribution is -0.144. The van der Waals surface area contributed by atoms with E-state index >= 15 is 0 Å². The second-order valence-electron chi connectivity index (χ2n) is 3.21. The number of nitrogens with one attached hydrogen (secondary N) is 1. The highest BCUT2D eigenvalue weighted by Gasteiger charge is 2.35. The lowest BCUT2D eigenvalue weighted by Gasteiger charge is -1.99. The number of halogens is 3. The number of nitrogens with zero attached hydrogens (tertiary/aromatic N) is 1. The van der Waals surface area contributed by atoms with Crippen LogP contribution < -0.4 is 0 Å². The smallest absolute Gasteiger partial charge is 0.449 e. The Balaban J connectivity index is 2.76. The molecule has 2 aromatic rings. The predicted octanol–water partition coefficient (Wildman–Crippen LogP) is 2.60. The third-order valence-electron chi connectivity index (χ3n) is 2.10. The van der Waals surface area contributed by atoms with Crippen LogP contribution in [0.3, 0.4) is 0 Å². The van der Waals surface area contributed by atoms with Gasteiger partial charge in [-0.15, -0.1) is 0 Å². The van der Waals surface area contributed by atoms with Crippen LogP contribution in [-0.2, 0) is 6.18 Å². The molecule has 6 heteroatoms. The van der Waals surface area contributed by atoms with Crippen LogP contribution in [0.25, 0.3) is 11.0 Å². The number of aromatic hydroxyl groups is 1. The molecule has 0 unspecified atom stereocenters. The van der Waals surface area contributed by atoms with Crippen LogP contribution in [-0.4, -0.2) is 15.1 Å². The quantitative estimate of drug-likeness (QED) is 0.711. The average molecular weight is 216 g/mol. The highest BCUT2D eigenvalue weighted by atomic mass is 19.4. The highest BCUT2D eigenvalue weighted by Crippen LogP contribution is 2.32. The third-order valence-corrected chi connectivity index (χ3v) is 2.10. The van der Waals surface area contributed by atoms with Crippen molar-refractivity contribution in [3.05, 3.63) is 23.5 Å². The number of H-pyrrole nitrogens is 1. The molecule has 3 nitrogen and oxygen atoms in total. The van der Waals surface area contributed by atoms with E-state index < -0.39 is 12.0 Å². The number of fused-ring (bicyclic) bond motifs is 1. The summed E-state index contributed by atoms with van der Waals surface area (Å²) in [5, 5.41) is 9.32. The molecule has 0 bridgehead atoms. The van der Waals surface area contributed by atoms with Crippen molar-refractivity contribution >= 4 is 11.0 Å². The Kier molecular flexibility index (Phi) is 1.89. The summed E-state index contributed by atoms with van der Waals surface area (Å²) in [6.45, 7) is 1.64. The van der Waals surface area contributed by atoms with Crippen LogP contribution >= 0.6 is 0 Å². The minimum absolute atomic E-state index is 0.0534. The number of benzene rings is 1. The molecule has 0 aliphatic heterocycles. The van der Waals surface area contributed by atoms with Gasteiger partial charge in [-0.1, -0.05) is 6.07 Å². The topological polar surface area (TPSA) is 48.9 Å². The van der Waals surface area contributed by atoms with Gasteiger partial charge in [0.25, 0.3) is 0 Å². The number of imidazole rings is 1. The van der Waals surface area contributed by atoms with E-state index in [9.17, 15) is 18.3 Å². The number of aryl methyl sites for hydroxylation is 1. The molecule has 0 aliphatic rings. The zero-order valence-electron chi connectivity index (χ0n) is 7.68. The second kappa shape index (κ2) is 2.88. The molecule has 2 N–H and O–H groups in total. The number of alkyl halides is 3. The molecule has 0 saturated carbocycles. The molecule has 15 heavy (non-hydrogen) atoms. The minimum atomic E-state index is -4.53. The summed E-state index contributed by atoms with van der Waals surface area (Å²) in [6, 6.07) is 2.84. The van der Waals surface area contributed by atoms with Gasteiger partial charge in [-0.25, -0.2) is 4.98 Å². The van der Waals surface area contributed by atoms with Gasteiger partial charge in [-0.2, -0.15) is 13.2 Å². The maximum atomic E-state index is 12.3. The number of aromatic amines is 1. The fourth-order valence-corrected chi connectivity index (χ4v) is 1.34. The molecule has 80 valence electrons. The largest absolute Gasteiger partial charge is 0.506 e. The standard InChI is InChI=1S/C9H7F3N2O/c1-4-2-3-5(15)7-6(4)13-8(14-7)9(10,11)12/h2-3,15H,1H3,(H,13,14). The SMILES string of the molecule is Cc1ccc(O)c2nc(C(F)(F)F)[nH]c12. The zero-order chi connectivity index (χ0) is 11.2. The average Bonchev–Trinajstić information content (AvgIpc) is 2.56. The molecule has 2 rings (SSSR count). The Labute approximate surface area is 82.6 Å². The van der Waals surface area contributed by atoms with Crippen LogP contribution in [0, 0.1) is 6.92 Å². The Bertz CT molecular complexity index is 477. The van der Waals surface area contributed by atoms with Gasteiger partial charge in [0.15, 0.2) is 0 Å². The first-order chi connectivity index (χ1) is 6.89. The first-order valence-electron chi connectivity index (χ1n) is 4.15. The summed E-state index contributed by atoms with van der Waals surface area (Å²) >= 11 is 0. The number of phenolic OH excluding ortho intramolecular Hbond substituents is 1.